The van der Waals surface area contributed by atoms with Gasteiger partial charge in [0.1, 0.15) is 11.6 Å². The van der Waals surface area contributed by atoms with Crippen LogP contribution in [0.5, 0.6) is 0 Å². The number of unbranched alkanes of at least 4 members (excludes halogenated alkanes) is 6. The van der Waals surface area contributed by atoms with Crippen molar-refractivity contribution in [3.8, 4) is 0 Å². The Bertz CT molecular complexity index is 410. The normalized spacial score (nSPS) is 12.7. The van der Waals surface area contributed by atoms with Crippen LogP contribution in [0.15, 0.2) is 16.6 Å². The Kier molecular flexibility index (Phi) is 8.31. The smallest absolute Gasteiger partial charge is 0.137 e. The van der Waals surface area contributed by atoms with E-state index in [1.807, 2.05) is 0 Å². The molecular formula is C16H23BrF2O. The number of hydrogen-bond acceptors (Lipinski definition) is 1. The maximum absolute atomic E-state index is 13.6. The number of benzene rings is 1. The zero-order chi connectivity index (χ0) is 15.0. The van der Waals surface area contributed by atoms with Crippen molar-refractivity contribution in [1.29, 1.82) is 0 Å². The number of aliphatic hydroxyl groups excluding tert-OH is 1. The lowest BCUT2D eigenvalue weighted by Crippen LogP contribution is -2.02. The molecule has 0 bridgehead atoms. The topological polar surface area (TPSA) is 20.2 Å². The second kappa shape index (κ2) is 9.46. The van der Waals surface area contributed by atoms with Crippen molar-refractivity contribution in [2.75, 3.05) is 0 Å². The van der Waals surface area contributed by atoms with Crippen molar-refractivity contribution < 1.29 is 13.9 Å². The van der Waals surface area contributed by atoms with E-state index >= 15 is 0 Å². The molecule has 1 aromatic carbocycles. The Morgan fingerprint density at radius 3 is 2.25 bits per heavy atom. The second-order valence-electron chi connectivity index (χ2n) is 5.21. The average molecular weight is 349 g/mol. The van der Waals surface area contributed by atoms with Crippen LogP contribution in [0.2, 0.25) is 0 Å². The predicted octanol–water partition coefficient (Wildman–Crippen LogP) is 5.90. The Balaban J connectivity index is 2.32. The van der Waals surface area contributed by atoms with Gasteiger partial charge in [0.05, 0.1) is 10.6 Å². The summed E-state index contributed by atoms with van der Waals surface area (Å²) in [7, 11) is 0. The van der Waals surface area contributed by atoms with Gasteiger partial charge in [-0.1, -0.05) is 51.9 Å². The van der Waals surface area contributed by atoms with E-state index < -0.39 is 17.7 Å². The molecule has 0 aliphatic rings. The fourth-order valence-electron chi connectivity index (χ4n) is 2.24. The van der Waals surface area contributed by atoms with Gasteiger partial charge < -0.3 is 5.11 Å². The molecule has 1 nitrogen and oxygen atoms in total. The summed E-state index contributed by atoms with van der Waals surface area (Å²) in [5.41, 5.74) is 0.0525. The van der Waals surface area contributed by atoms with E-state index in [4.69, 9.17) is 0 Å². The third kappa shape index (κ3) is 5.88. The van der Waals surface area contributed by atoms with Crippen LogP contribution in [0, 0.1) is 11.6 Å². The molecule has 20 heavy (non-hydrogen) atoms. The minimum absolute atomic E-state index is 0.0525. The number of hydrogen-bond donors (Lipinski definition) is 1. The molecule has 0 saturated carbocycles. The zero-order valence-electron chi connectivity index (χ0n) is 12.0. The van der Waals surface area contributed by atoms with Crippen LogP contribution < -0.4 is 0 Å². The van der Waals surface area contributed by atoms with Crippen LogP contribution in [0.25, 0.3) is 0 Å². The Hall–Kier alpha value is -0.480. The van der Waals surface area contributed by atoms with Crippen LogP contribution in [0.4, 0.5) is 8.78 Å². The van der Waals surface area contributed by atoms with Crippen LogP contribution in [0.1, 0.15) is 70.0 Å². The first kappa shape index (κ1) is 17.6. The third-order valence-electron chi connectivity index (χ3n) is 3.48. The van der Waals surface area contributed by atoms with Gasteiger partial charge in [0, 0.05) is 5.56 Å². The molecule has 0 radical (unpaired) electrons. The van der Waals surface area contributed by atoms with Crippen molar-refractivity contribution in [2.45, 2.75) is 64.4 Å². The van der Waals surface area contributed by atoms with Gasteiger partial charge in [-0.05, 0) is 34.5 Å². The first-order chi connectivity index (χ1) is 9.56. The second-order valence-corrected chi connectivity index (χ2v) is 6.07. The van der Waals surface area contributed by atoms with Crippen molar-refractivity contribution in [1.82, 2.24) is 0 Å². The molecular weight excluding hydrogens is 326 g/mol. The number of halogens is 3. The van der Waals surface area contributed by atoms with Crippen molar-refractivity contribution in [3.63, 3.8) is 0 Å². The van der Waals surface area contributed by atoms with Crippen LogP contribution in [0.3, 0.4) is 0 Å². The lowest BCUT2D eigenvalue weighted by molar-refractivity contribution is 0.158. The maximum Gasteiger partial charge on any atom is 0.137 e. The summed E-state index contributed by atoms with van der Waals surface area (Å²) in [6, 6.07) is 2.14. The molecule has 0 aromatic heterocycles. The molecule has 1 unspecified atom stereocenters. The van der Waals surface area contributed by atoms with Gasteiger partial charge in [-0.3, -0.25) is 0 Å². The highest BCUT2D eigenvalue weighted by atomic mass is 79.9. The predicted molar refractivity (Wildman–Crippen MR) is 81.6 cm³/mol. The first-order valence-electron chi connectivity index (χ1n) is 7.38. The average Bonchev–Trinajstić information content (AvgIpc) is 2.41. The van der Waals surface area contributed by atoms with Crippen molar-refractivity contribution in [3.05, 3.63) is 33.8 Å². The lowest BCUT2D eigenvalue weighted by atomic mass is 10.0. The molecule has 0 heterocycles. The van der Waals surface area contributed by atoms with Gasteiger partial charge >= 0.3 is 0 Å². The summed E-state index contributed by atoms with van der Waals surface area (Å²) in [6.45, 7) is 2.18. The highest BCUT2D eigenvalue weighted by Crippen LogP contribution is 2.27. The Morgan fingerprint density at radius 2 is 1.60 bits per heavy atom. The van der Waals surface area contributed by atoms with E-state index in [1.165, 1.54) is 25.7 Å². The van der Waals surface area contributed by atoms with Gasteiger partial charge in [0.2, 0.25) is 0 Å². The molecule has 1 aromatic rings. The SMILES string of the molecule is CCCCCCCCCC(O)c1cc(F)c(Br)cc1F. The van der Waals surface area contributed by atoms with E-state index in [-0.39, 0.29) is 10.0 Å². The van der Waals surface area contributed by atoms with Crippen molar-refractivity contribution >= 4 is 15.9 Å². The van der Waals surface area contributed by atoms with E-state index in [9.17, 15) is 13.9 Å². The molecule has 1 N–H and O–H groups in total. The van der Waals surface area contributed by atoms with Gasteiger partial charge in [0.25, 0.3) is 0 Å². The Labute approximate surface area is 128 Å². The molecule has 0 aliphatic heterocycles. The maximum atomic E-state index is 13.6. The van der Waals surface area contributed by atoms with Crippen molar-refractivity contribution in [2.24, 2.45) is 0 Å². The number of aliphatic hydroxyl groups is 1. The van der Waals surface area contributed by atoms with Crippen LogP contribution in [-0.4, -0.2) is 5.11 Å². The molecule has 0 amide bonds. The molecule has 1 atom stereocenters. The molecule has 1 rings (SSSR count). The third-order valence-corrected chi connectivity index (χ3v) is 4.09. The number of rotatable bonds is 9. The zero-order valence-corrected chi connectivity index (χ0v) is 13.6. The van der Waals surface area contributed by atoms with Gasteiger partial charge in [0.15, 0.2) is 0 Å². The largest absolute Gasteiger partial charge is 0.388 e. The van der Waals surface area contributed by atoms with Gasteiger partial charge in [-0.25, -0.2) is 8.78 Å². The minimum Gasteiger partial charge on any atom is -0.388 e. The summed E-state index contributed by atoms with van der Waals surface area (Å²) in [5, 5.41) is 9.94. The quantitative estimate of drug-likeness (QED) is 0.435. The molecule has 0 spiro atoms. The van der Waals surface area contributed by atoms with E-state index in [2.05, 4.69) is 22.9 Å². The van der Waals surface area contributed by atoms with Crippen LogP contribution >= 0.6 is 15.9 Å². The summed E-state index contributed by atoms with van der Waals surface area (Å²) in [6.07, 6.45) is 7.53. The molecule has 0 aliphatic carbocycles. The molecule has 4 heteroatoms. The molecule has 114 valence electrons. The minimum atomic E-state index is -0.923. The summed E-state index contributed by atoms with van der Waals surface area (Å²) in [5.74, 6) is -1.10. The monoisotopic (exact) mass is 348 g/mol. The molecule has 0 saturated heterocycles. The fourth-order valence-corrected chi connectivity index (χ4v) is 2.56. The lowest BCUT2D eigenvalue weighted by Gasteiger charge is -2.12. The van der Waals surface area contributed by atoms with Gasteiger partial charge in [-0.15, -0.1) is 0 Å². The fraction of sp³-hybridized carbons (Fsp3) is 0.625. The molecule has 0 fully saturated rings. The highest BCUT2D eigenvalue weighted by Gasteiger charge is 2.15. The summed E-state index contributed by atoms with van der Waals surface area (Å²) < 4.78 is 27.1. The van der Waals surface area contributed by atoms with E-state index in [0.29, 0.717) is 6.42 Å². The summed E-state index contributed by atoms with van der Waals surface area (Å²) in [4.78, 5) is 0. The first-order valence-corrected chi connectivity index (χ1v) is 8.18. The van der Waals surface area contributed by atoms with Gasteiger partial charge in [-0.2, -0.15) is 0 Å². The van der Waals surface area contributed by atoms with Crippen LogP contribution in [-0.2, 0) is 0 Å². The highest BCUT2D eigenvalue weighted by molar-refractivity contribution is 9.10. The summed E-state index contributed by atoms with van der Waals surface area (Å²) >= 11 is 2.93. The standard InChI is InChI=1S/C16H23BrF2O/c1-2-3-4-5-6-7-8-9-16(20)12-10-15(19)13(17)11-14(12)18/h10-11,16,20H,2-9H2,1H3. The van der Waals surface area contributed by atoms with E-state index in [0.717, 1.165) is 31.4 Å². The van der Waals surface area contributed by atoms with E-state index in [1.54, 1.807) is 0 Å². The Morgan fingerprint density at radius 1 is 1.00 bits per heavy atom.